The summed E-state index contributed by atoms with van der Waals surface area (Å²) in [4.78, 5) is 23.5. The van der Waals surface area contributed by atoms with Crippen LogP contribution in [-0.2, 0) is 16.1 Å². The number of hydrogen-bond donors (Lipinski definition) is 1. The molecule has 0 spiro atoms. The molecule has 38 heavy (non-hydrogen) atoms. The third-order valence-electron chi connectivity index (χ3n) is 8.88. The van der Waals surface area contributed by atoms with Crippen molar-refractivity contribution >= 4 is 17.4 Å². The maximum Gasteiger partial charge on any atom is 0.246 e. The highest BCUT2D eigenvalue weighted by Crippen LogP contribution is 2.42. The summed E-state index contributed by atoms with van der Waals surface area (Å²) in [6, 6.07) is 7.50. The standard InChI is InChI=1S/C30H39N5O3/c1-4-28(36)35-17-23(18-35)34-10-6-27(33(3)11-12-34)22-15-20(2)29-26(16-22)32-30-25(19-38-29)24(5-9-31-30)21-7-13-37-14-8-21/h4-5,9,15-16,21,23,27H,1,6-8,10-14,17-19H2,2-3H3,(H,31,32)/t27-/m1/s1. The van der Waals surface area contributed by atoms with Crippen molar-refractivity contribution in [3.63, 3.8) is 0 Å². The molecule has 3 saturated heterocycles. The Labute approximate surface area is 225 Å². The predicted molar refractivity (Wildman–Crippen MR) is 148 cm³/mol. The van der Waals surface area contributed by atoms with Crippen molar-refractivity contribution in [2.45, 2.75) is 50.8 Å². The van der Waals surface area contributed by atoms with Crippen LogP contribution in [0.3, 0.4) is 0 Å². The molecule has 4 aliphatic rings. The second-order valence-corrected chi connectivity index (χ2v) is 11.2. The molecule has 1 aromatic heterocycles. The van der Waals surface area contributed by atoms with Gasteiger partial charge in [0.2, 0.25) is 5.91 Å². The highest BCUT2D eigenvalue weighted by atomic mass is 16.5. The Morgan fingerprint density at radius 2 is 1.97 bits per heavy atom. The van der Waals surface area contributed by atoms with Gasteiger partial charge in [-0.15, -0.1) is 0 Å². The van der Waals surface area contributed by atoms with Crippen LogP contribution in [0, 0.1) is 6.92 Å². The minimum atomic E-state index is 0.0391. The Kier molecular flexibility index (Phi) is 7.12. The molecule has 4 aliphatic heterocycles. The quantitative estimate of drug-likeness (QED) is 0.615. The van der Waals surface area contributed by atoms with Crippen LogP contribution >= 0.6 is 0 Å². The molecule has 8 heteroatoms. The van der Waals surface area contributed by atoms with E-state index in [1.165, 1.54) is 22.8 Å². The van der Waals surface area contributed by atoms with Crippen LogP contribution in [0.25, 0.3) is 0 Å². The number of fused-ring (bicyclic) bond motifs is 2. The number of rotatable bonds is 4. The third-order valence-corrected chi connectivity index (χ3v) is 8.88. The summed E-state index contributed by atoms with van der Waals surface area (Å²) >= 11 is 0. The largest absolute Gasteiger partial charge is 0.486 e. The fourth-order valence-electron chi connectivity index (χ4n) is 6.55. The smallest absolute Gasteiger partial charge is 0.246 e. The van der Waals surface area contributed by atoms with E-state index in [2.05, 4.69) is 53.9 Å². The monoisotopic (exact) mass is 517 g/mol. The van der Waals surface area contributed by atoms with Crippen LogP contribution < -0.4 is 10.1 Å². The molecular weight excluding hydrogens is 478 g/mol. The molecule has 5 heterocycles. The van der Waals surface area contributed by atoms with Gasteiger partial charge < -0.3 is 19.7 Å². The molecule has 202 valence electrons. The second-order valence-electron chi connectivity index (χ2n) is 11.2. The van der Waals surface area contributed by atoms with Crippen LogP contribution in [0.15, 0.2) is 37.1 Å². The molecule has 0 unspecified atom stereocenters. The van der Waals surface area contributed by atoms with E-state index in [0.717, 1.165) is 88.0 Å². The lowest BCUT2D eigenvalue weighted by atomic mass is 9.89. The number of likely N-dealkylation sites (N-methyl/N-ethyl adjacent to an activating group) is 1. The number of carbonyl (C=O) groups excluding carboxylic acids is 1. The number of pyridine rings is 1. The highest BCUT2D eigenvalue weighted by molar-refractivity contribution is 5.87. The fraction of sp³-hybridized carbons (Fsp3) is 0.533. The van der Waals surface area contributed by atoms with E-state index >= 15 is 0 Å². The van der Waals surface area contributed by atoms with E-state index in [0.29, 0.717) is 24.6 Å². The number of aromatic nitrogens is 1. The summed E-state index contributed by atoms with van der Waals surface area (Å²) in [5.41, 5.74) is 5.97. The average molecular weight is 518 g/mol. The number of nitrogens with one attached hydrogen (secondary N) is 1. The Bertz CT molecular complexity index is 1200. The minimum absolute atomic E-state index is 0.0391. The summed E-state index contributed by atoms with van der Waals surface area (Å²) in [6.45, 7) is 12.6. The summed E-state index contributed by atoms with van der Waals surface area (Å²) in [6.07, 6.45) is 6.48. The van der Waals surface area contributed by atoms with Gasteiger partial charge in [0, 0.05) is 69.8 Å². The molecule has 1 atom stereocenters. The number of amides is 1. The van der Waals surface area contributed by atoms with Gasteiger partial charge in [-0.1, -0.05) is 12.6 Å². The first-order valence-corrected chi connectivity index (χ1v) is 14.0. The second kappa shape index (κ2) is 10.7. The number of likely N-dealkylation sites (tertiary alicyclic amines) is 1. The van der Waals surface area contributed by atoms with Gasteiger partial charge in [0.1, 0.15) is 18.2 Å². The Hall–Kier alpha value is -2.94. The van der Waals surface area contributed by atoms with Crippen molar-refractivity contribution in [2.75, 3.05) is 58.3 Å². The van der Waals surface area contributed by atoms with Gasteiger partial charge >= 0.3 is 0 Å². The van der Waals surface area contributed by atoms with Gasteiger partial charge in [-0.25, -0.2) is 4.98 Å². The van der Waals surface area contributed by atoms with E-state index in [1.807, 2.05) is 11.1 Å². The molecule has 1 amide bonds. The maximum absolute atomic E-state index is 11.9. The number of aryl methyl sites for hydroxylation is 1. The first kappa shape index (κ1) is 25.3. The van der Waals surface area contributed by atoms with E-state index in [9.17, 15) is 4.79 Å². The minimum Gasteiger partial charge on any atom is -0.486 e. The van der Waals surface area contributed by atoms with Crippen LogP contribution in [0.2, 0.25) is 0 Å². The SMILES string of the molecule is C=CC(=O)N1CC(N2CC[C@H](c3cc(C)c4c(c3)Nc3nccc(C5CCOCC5)c3CO4)N(C)CC2)C1. The van der Waals surface area contributed by atoms with Gasteiger partial charge in [-0.2, -0.15) is 0 Å². The zero-order valence-electron chi connectivity index (χ0n) is 22.6. The molecule has 0 aliphatic carbocycles. The first-order valence-electron chi connectivity index (χ1n) is 14.0. The lowest BCUT2D eigenvalue weighted by Gasteiger charge is -2.44. The molecule has 8 nitrogen and oxygen atoms in total. The van der Waals surface area contributed by atoms with Gasteiger partial charge in [0.15, 0.2) is 0 Å². The average Bonchev–Trinajstić information content (AvgIpc) is 3.22. The van der Waals surface area contributed by atoms with Crippen molar-refractivity contribution in [3.8, 4) is 5.75 Å². The van der Waals surface area contributed by atoms with Crippen LogP contribution in [0.4, 0.5) is 11.5 Å². The van der Waals surface area contributed by atoms with Crippen LogP contribution in [0.1, 0.15) is 53.5 Å². The van der Waals surface area contributed by atoms with Crippen LogP contribution in [-0.4, -0.2) is 84.6 Å². The number of nitrogens with zero attached hydrogens (tertiary/aromatic N) is 4. The van der Waals surface area contributed by atoms with Gasteiger partial charge in [0.05, 0.1) is 5.69 Å². The van der Waals surface area contributed by atoms with Crippen molar-refractivity contribution < 1.29 is 14.3 Å². The number of hydrogen-bond acceptors (Lipinski definition) is 7. The maximum atomic E-state index is 11.9. The molecule has 0 saturated carbocycles. The lowest BCUT2D eigenvalue weighted by Crippen LogP contribution is -2.61. The van der Waals surface area contributed by atoms with E-state index in [1.54, 1.807) is 0 Å². The molecule has 3 fully saturated rings. The molecule has 0 bridgehead atoms. The zero-order chi connectivity index (χ0) is 26.2. The number of ether oxygens (including phenoxy) is 2. The number of benzene rings is 1. The molecule has 1 aromatic carbocycles. The normalized spacial score (nSPS) is 23.2. The Morgan fingerprint density at radius 1 is 1.16 bits per heavy atom. The molecule has 2 aromatic rings. The van der Waals surface area contributed by atoms with Crippen molar-refractivity contribution in [1.82, 2.24) is 19.7 Å². The van der Waals surface area contributed by atoms with Crippen molar-refractivity contribution in [1.29, 1.82) is 0 Å². The molecule has 1 N–H and O–H groups in total. The van der Waals surface area contributed by atoms with Gasteiger partial charge in [0.25, 0.3) is 0 Å². The Morgan fingerprint density at radius 3 is 2.76 bits per heavy atom. The van der Waals surface area contributed by atoms with E-state index < -0.39 is 0 Å². The predicted octanol–water partition coefficient (Wildman–Crippen LogP) is 4.00. The first-order chi connectivity index (χ1) is 18.5. The van der Waals surface area contributed by atoms with Crippen molar-refractivity contribution in [2.24, 2.45) is 0 Å². The van der Waals surface area contributed by atoms with Crippen molar-refractivity contribution in [3.05, 3.63) is 59.3 Å². The van der Waals surface area contributed by atoms with Gasteiger partial charge in [-0.05, 0) is 74.1 Å². The molecule has 6 rings (SSSR count). The topological polar surface area (TPSA) is 70.2 Å². The summed E-state index contributed by atoms with van der Waals surface area (Å²) in [5.74, 6) is 2.36. The summed E-state index contributed by atoms with van der Waals surface area (Å²) in [5, 5.41) is 3.66. The number of carbonyl (C=O) groups is 1. The summed E-state index contributed by atoms with van der Waals surface area (Å²) in [7, 11) is 2.23. The van der Waals surface area contributed by atoms with E-state index in [-0.39, 0.29) is 5.91 Å². The van der Waals surface area contributed by atoms with Gasteiger partial charge in [-0.3, -0.25) is 14.6 Å². The lowest BCUT2D eigenvalue weighted by molar-refractivity contribution is -0.133. The van der Waals surface area contributed by atoms with Crippen LogP contribution in [0.5, 0.6) is 5.75 Å². The third kappa shape index (κ3) is 4.81. The van der Waals surface area contributed by atoms with E-state index in [4.69, 9.17) is 14.5 Å². The number of anilines is 2. The fourth-order valence-corrected chi connectivity index (χ4v) is 6.55. The molecule has 0 radical (unpaired) electrons. The highest BCUT2D eigenvalue weighted by Gasteiger charge is 2.36. The molecular formula is C30H39N5O3. The summed E-state index contributed by atoms with van der Waals surface area (Å²) < 4.78 is 12.0. The Balaban J connectivity index is 1.21. The zero-order valence-corrected chi connectivity index (χ0v) is 22.6.